The van der Waals surface area contributed by atoms with Crippen LogP contribution < -0.4 is 5.73 Å². The first kappa shape index (κ1) is 6.58. The van der Waals surface area contributed by atoms with Crippen LogP contribution in [0.25, 0.3) is 0 Å². The number of hydrogen-bond donors (Lipinski definition) is 1. The lowest BCUT2D eigenvalue weighted by Gasteiger charge is -2.25. The van der Waals surface area contributed by atoms with E-state index in [-0.39, 0.29) is 6.10 Å². The monoisotopic (exact) mass is 143 g/mol. The molecule has 2 rings (SSSR count). The SMILES string of the molecule is CC1CO[C@@H]2CCO[C@]12N. The second-order valence-electron chi connectivity index (χ2n) is 3.21. The van der Waals surface area contributed by atoms with Gasteiger partial charge in [0.1, 0.15) is 11.8 Å². The predicted molar refractivity (Wildman–Crippen MR) is 36.4 cm³/mol. The molecular weight excluding hydrogens is 130 g/mol. The Labute approximate surface area is 60.5 Å². The minimum atomic E-state index is -0.458. The average molecular weight is 143 g/mol. The third kappa shape index (κ3) is 0.654. The molecule has 0 aromatic heterocycles. The van der Waals surface area contributed by atoms with Crippen LogP contribution in [0.3, 0.4) is 0 Å². The lowest BCUT2D eigenvalue weighted by Crippen LogP contribution is -2.49. The molecule has 2 N–H and O–H groups in total. The lowest BCUT2D eigenvalue weighted by atomic mass is 9.97. The molecule has 0 aliphatic carbocycles. The molecule has 3 heteroatoms. The van der Waals surface area contributed by atoms with Crippen molar-refractivity contribution in [1.29, 1.82) is 0 Å². The highest BCUT2D eigenvalue weighted by Crippen LogP contribution is 2.36. The van der Waals surface area contributed by atoms with E-state index in [0.717, 1.165) is 19.6 Å². The van der Waals surface area contributed by atoms with Crippen molar-refractivity contribution in [2.45, 2.75) is 25.2 Å². The van der Waals surface area contributed by atoms with Gasteiger partial charge in [0.25, 0.3) is 0 Å². The summed E-state index contributed by atoms with van der Waals surface area (Å²) in [5.74, 6) is 0.347. The summed E-state index contributed by atoms with van der Waals surface area (Å²) in [4.78, 5) is 0. The van der Waals surface area contributed by atoms with Gasteiger partial charge in [-0.1, -0.05) is 6.92 Å². The predicted octanol–water partition coefficient (Wildman–Crippen LogP) is 0.0966. The number of nitrogens with two attached hydrogens (primary N) is 1. The standard InChI is InChI=1S/C7H13NO2/c1-5-4-9-6-2-3-10-7(5,6)8/h5-6H,2-4,8H2,1H3/t5?,6-,7-/m1/s1. The van der Waals surface area contributed by atoms with E-state index in [1.807, 2.05) is 0 Å². The average Bonchev–Trinajstić information content (AvgIpc) is 2.36. The quantitative estimate of drug-likeness (QED) is 0.523. The topological polar surface area (TPSA) is 44.5 Å². The summed E-state index contributed by atoms with van der Waals surface area (Å²) in [6.07, 6.45) is 1.11. The van der Waals surface area contributed by atoms with Crippen molar-refractivity contribution in [1.82, 2.24) is 0 Å². The van der Waals surface area contributed by atoms with Crippen LogP contribution in [0.15, 0.2) is 0 Å². The van der Waals surface area contributed by atoms with E-state index in [2.05, 4.69) is 6.92 Å². The molecule has 1 unspecified atom stereocenters. The van der Waals surface area contributed by atoms with Crippen LogP contribution in [-0.4, -0.2) is 25.0 Å². The van der Waals surface area contributed by atoms with Gasteiger partial charge in [0.15, 0.2) is 0 Å². The fourth-order valence-electron chi connectivity index (χ4n) is 1.73. The molecular formula is C7H13NO2. The molecule has 3 atom stereocenters. The van der Waals surface area contributed by atoms with E-state index in [1.54, 1.807) is 0 Å². The lowest BCUT2D eigenvalue weighted by molar-refractivity contribution is -0.0345. The number of fused-ring (bicyclic) bond motifs is 1. The normalized spacial score (nSPS) is 53.4. The second-order valence-corrected chi connectivity index (χ2v) is 3.21. The van der Waals surface area contributed by atoms with E-state index < -0.39 is 5.72 Å². The van der Waals surface area contributed by atoms with Gasteiger partial charge in [-0.2, -0.15) is 0 Å². The highest BCUT2D eigenvalue weighted by molar-refractivity contribution is 4.97. The van der Waals surface area contributed by atoms with Crippen LogP contribution >= 0.6 is 0 Å². The van der Waals surface area contributed by atoms with Crippen molar-refractivity contribution in [3.05, 3.63) is 0 Å². The zero-order valence-electron chi connectivity index (χ0n) is 6.17. The van der Waals surface area contributed by atoms with Crippen LogP contribution in [0, 0.1) is 5.92 Å². The third-order valence-corrected chi connectivity index (χ3v) is 2.55. The van der Waals surface area contributed by atoms with Crippen molar-refractivity contribution in [2.24, 2.45) is 11.7 Å². The van der Waals surface area contributed by atoms with Crippen LogP contribution in [0.5, 0.6) is 0 Å². The van der Waals surface area contributed by atoms with E-state index >= 15 is 0 Å². The molecule has 0 spiro atoms. The van der Waals surface area contributed by atoms with Crippen LogP contribution in [-0.2, 0) is 9.47 Å². The largest absolute Gasteiger partial charge is 0.373 e. The summed E-state index contributed by atoms with van der Waals surface area (Å²) < 4.78 is 10.9. The first-order valence-electron chi connectivity index (χ1n) is 3.78. The smallest absolute Gasteiger partial charge is 0.147 e. The van der Waals surface area contributed by atoms with Crippen LogP contribution in [0.1, 0.15) is 13.3 Å². The van der Waals surface area contributed by atoms with Gasteiger partial charge in [-0.25, -0.2) is 0 Å². The first-order valence-corrected chi connectivity index (χ1v) is 3.78. The molecule has 2 aliphatic rings. The molecule has 2 heterocycles. The molecule has 0 bridgehead atoms. The van der Waals surface area contributed by atoms with E-state index in [1.165, 1.54) is 0 Å². The Balaban J connectivity index is 2.21. The first-order chi connectivity index (χ1) is 4.73. The second kappa shape index (κ2) is 1.94. The molecule has 2 fully saturated rings. The van der Waals surface area contributed by atoms with Gasteiger partial charge in [0.2, 0.25) is 0 Å². The Kier molecular flexibility index (Phi) is 1.27. The summed E-state index contributed by atoms with van der Waals surface area (Å²) in [5.41, 5.74) is 5.50. The number of ether oxygens (including phenoxy) is 2. The maximum absolute atomic E-state index is 5.96. The molecule has 0 amide bonds. The van der Waals surface area contributed by atoms with Crippen molar-refractivity contribution in [2.75, 3.05) is 13.2 Å². The molecule has 3 nitrogen and oxygen atoms in total. The summed E-state index contributed by atoms with van der Waals surface area (Å²) in [6.45, 7) is 3.58. The molecule has 58 valence electrons. The maximum Gasteiger partial charge on any atom is 0.147 e. The van der Waals surface area contributed by atoms with Crippen LogP contribution in [0.4, 0.5) is 0 Å². The Hall–Kier alpha value is -0.120. The molecule has 2 saturated heterocycles. The molecule has 10 heavy (non-hydrogen) atoms. The molecule has 0 aromatic rings. The van der Waals surface area contributed by atoms with Gasteiger partial charge in [0, 0.05) is 12.3 Å². The zero-order valence-corrected chi connectivity index (χ0v) is 6.17. The molecule has 2 aliphatic heterocycles. The number of hydrogen-bond acceptors (Lipinski definition) is 3. The molecule has 0 radical (unpaired) electrons. The van der Waals surface area contributed by atoms with Crippen molar-refractivity contribution in [3.8, 4) is 0 Å². The Morgan fingerprint density at radius 2 is 2.40 bits per heavy atom. The van der Waals surface area contributed by atoms with Crippen molar-refractivity contribution in [3.63, 3.8) is 0 Å². The van der Waals surface area contributed by atoms with Gasteiger partial charge in [0.05, 0.1) is 13.2 Å². The van der Waals surface area contributed by atoms with Crippen molar-refractivity contribution < 1.29 is 9.47 Å². The summed E-state index contributed by atoms with van der Waals surface area (Å²) in [6, 6.07) is 0. The van der Waals surface area contributed by atoms with Gasteiger partial charge >= 0.3 is 0 Å². The molecule has 0 aromatic carbocycles. The fraction of sp³-hybridized carbons (Fsp3) is 1.00. The Morgan fingerprint density at radius 1 is 1.60 bits per heavy atom. The van der Waals surface area contributed by atoms with E-state index in [0.29, 0.717) is 5.92 Å². The molecule has 0 saturated carbocycles. The maximum atomic E-state index is 5.96. The summed E-state index contributed by atoms with van der Waals surface area (Å²) >= 11 is 0. The van der Waals surface area contributed by atoms with Gasteiger partial charge < -0.3 is 15.2 Å². The van der Waals surface area contributed by atoms with E-state index in [4.69, 9.17) is 15.2 Å². The Bertz CT molecular complexity index is 151. The summed E-state index contributed by atoms with van der Waals surface area (Å²) in [7, 11) is 0. The fourth-order valence-corrected chi connectivity index (χ4v) is 1.73. The third-order valence-electron chi connectivity index (χ3n) is 2.55. The number of rotatable bonds is 0. The highest BCUT2D eigenvalue weighted by Gasteiger charge is 2.50. The summed E-state index contributed by atoms with van der Waals surface area (Å²) in [5, 5.41) is 0. The van der Waals surface area contributed by atoms with Gasteiger partial charge in [-0.05, 0) is 0 Å². The Morgan fingerprint density at radius 3 is 3.10 bits per heavy atom. The minimum Gasteiger partial charge on any atom is -0.373 e. The van der Waals surface area contributed by atoms with Crippen LogP contribution in [0.2, 0.25) is 0 Å². The van der Waals surface area contributed by atoms with E-state index in [9.17, 15) is 0 Å². The van der Waals surface area contributed by atoms with Gasteiger partial charge in [-0.15, -0.1) is 0 Å². The van der Waals surface area contributed by atoms with Crippen molar-refractivity contribution >= 4 is 0 Å². The highest BCUT2D eigenvalue weighted by atomic mass is 16.6. The van der Waals surface area contributed by atoms with Gasteiger partial charge in [-0.3, -0.25) is 0 Å². The minimum absolute atomic E-state index is 0.155. The zero-order chi connectivity index (χ0) is 7.19.